The molecule has 0 aliphatic heterocycles. The molecule has 0 amide bonds. The maximum absolute atomic E-state index is 5.98. The van der Waals surface area contributed by atoms with Gasteiger partial charge in [0.2, 0.25) is 0 Å². The predicted octanol–water partition coefficient (Wildman–Crippen LogP) is 3.08. The van der Waals surface area contributed by atoms with Crippen LogP contribution in [0.3, 0.4) is 0 Å². The quantitative estimate of drug-likeness (QED) is 0.732. The van der Waals surface area contributed by atoms with Crippen LogP contribution in [0.4, 0.5) is 5.69 Å². The summed E-state index contributed by atoms with van der Waals surface area (Å²) in [6.45, 7) is 4.69. The number of nitrogen functional groups attached to an aromatic ring is 1. The summed E-state index contributed by atoms with van der Waals surface area (Å²) in [5.41, 5.74) is 8.22. The first-order chi connectivity index (χ1) is 8.31. The van der Waals surface area contributed by atoms with Crippen LogP contribution in [0.15, 0.2) is 24.3 Å². The van der Waals surface area contributed by atoms with E-state index in [1.807, 2.05) is 12.1 Å². The minimum atomic E-state index is 0.867. The van der Waals surface area contributed by atoms with Crippen LogP contribution in [0.5, 0.6) is 0 Å². The first-order valence-corrected chi connectivity index (χ1v) is 6.88. The van der Waals surface area contributed by atoms with Gasteiger partial charge in [-0.25, -0.2) is 0 Å². The Labute approximate surface area is 105 Å². The van der Waals surface area contributed by atoms with Crippen LogP contribution < -0.4 is 5.73 Å². The van der Waals surface area contributed by atoms with Gasteiger partial charge < -0.3 is 10.6 Å². The minimum absolute atomic E-state index is 0.867. The van der Waals surface area contributed by atoms with Gasteiger partial charge in [-0.1, -0.05) is 31.5 Å². The Bertz CT molecular complexity index is 345. The Morgan fingerprint density at radius 3 is 2.65 bits per heavy atom. The van der Waals surface area contributed by atoms with Crippen molar-refractivity contribution in [3.63, 3.8) is 0 Å². The monoisotopic (exact) mass is 232 g/mol. The lowest BCUT2D eigenvalue weighted by Gasteiger charge is -2.22. The molecule has 0 spiro atoms. The molecule has 0 unspecified atom stereocenters. The molecule has 1 aliphatic rings. The molecule has 0 saturated heterocycles. The zero-order chi connectivity index (χ0) is 12.1. The predicted molar refractivity (Wildman–Crippen MR) is 74.1 cm³/mol. The molecule has 2 N–H and O–H groups in total. The molecule has 0 heterocycles. The Kier molecular flexibility index (Phi) is 4.43. The van der Waals surface area contributed by atoms with Crippen LogP contribution in [0, 0.1) is 0 Å². The van der Waals surface area contributed by atoms with Crippen molar-refractivity contribution >= 4 is 5.69 Å². The van der Waals surface area contributed by atoms with E-state index in [-0.39, 0.29) is 0 Å². The Hall–Kier alpha value is -1.02. The van der Waals surface area contributed by atoms with E-state index >= 15 is 0 Å². The maximum Gasteiger partial charge on any atom is 0.0347 e. The summed E-state index contributed by atoms with van der Waals surface area (Å²) in [6, 6.07) is 9.11. The van der Waals surface area contributed by atoms with Crippen molar-refractivity contribution in [2.45, 2.75) is 45.1 Å². The van der Waals surface area contributed by atoms with Gasteiger partial charge in [0.25, 0.3) is 0 Å². The lowest BCUT2D eigenvalue weighted by atomic mass is 10.1. The number of unbranched alkanes of at least 4 members (excludes halogenated alkanes) is 1. The fraction of sp³-hybridized carbons (Fsp3) is 0.600. The Morgan fingerprint density at radius 2 is 2.00 bits per heavy atom. The van der Waals surface area contributed by atoms with Crippen LogP contribution >= 0.6 is 0 Å². The second-order valence-corrected chi connectivity index (χ2v) is 5.07. The summed E-state index contributed by atoms with van der Waals surface area (Å²) in [4.78, 5) is 2.65. The number of nitrogens with zero attached hydrogens (tertiary/aromatic N) is 1. The number of nitrogens with two attached hydrogens (primary N) is 1. The Morgan fingerprint density at radius 1 is 1.24 bits per heavy atom. The van der Waals surface area contributed by atoms with E-state index in [0.29, 0.717) is 0 Å². The topological polar surface area (TPSA) is 29.3 Å². The number of benzene rings is 1. The van der Waals surface area contributed by atoms with E-state index in [1.165, 1.54) is 44.3 Å². The number of hydrogen-bond acceptors (Lipinski definition) is 2. The second kappa shape index (κ2) is 6.06. The summed E-state index contributed by atoms with van der Waals surface area (Å²) in [5, 5.41) is 0. The minimum Gasteiger partial charge on any atom is -0.399 e. The SMILES string of the molecule is CCCCN(CCc1ccccc1N)C1CC1. The third kappa shape index (κ3) is 3.74. The van der Waals surface area contributed by atoms with Gasteiger partial charge in [0, 0.05) is 18.3 Å². The van der Waals surface area contributed by atoms with E-state index in [4.69, 9.17) is 5.73 Å². The van der Waals surface area contributed by atoms with Crippen LogP contribution in [0.1, 0.15) is 38.2 Å². The average Bonchev–Trinajstić information content (AvgIpc) is 3.15. The fourth-order valence-electron chi connectivity index (χ4n) is 2.30. The lowest BCUT2D eigenvalue weighted by Crippen LogP contribution is -2.29. The van der Waals surface area contributed by atoms with Crippen molar-refractivity contribution in [3.05, 3.63) is 29.8 Å². The van der Waals surface area contributed by atoms with Crippen molar-refractivity contribution in [1.82, 2.24) is 4.90 Å². The standard InChI is InChI=1S/C15H24N2/c1-2-3-11-17(14-8-9-14)12-10-13-6-4-5-7-15(13)16/h4-7,14H,2-3,8-12,16H2,1H3. The third-order valence-corrected chi connectivity index (χ3v) is 3.59. The number of anilines is 1. The molecule has 0 atom stereocenters. The van der Waals surface area contributed by atoms with Crippen molar-refractivity contribution in [2.24, 2.45) is 0 Å². The van der Waals surface area contributed by atoms with E-state index < -0.39 is 0 Å². The summed E-state index contributed by atoms with van der Waals surface area (Å²) in [5.74, 6) is 0. The molecular weight excluding hydrogens is 208 g/mol. The van der Waals surface area contributed by atoms with Crippen molar-refractivity contribution in [3.8, 4) is 0 Å². The number of rotatable bonds is 7. The summed E-state index contributed by atoms with van der Waals surface area (Å²) >= 11 is 0. The van der Waals surface area contributed by atoms with E-state index in [1.54, 1.807) is 0 Å². The van der Waals surface area contributed by atoms with Crippen LogP contribution in [-0.4, -0.2) is 24.0 Å². The first-order valence-electron chi connectivity index (χ1n) is 6.88. The highest BCUT2D eigenvalue weighted by atomic mass is 15.2. The fourth-order valence-corrected chi connectivity index (χ4v) is 2.30. The van der Waals surface area contributed by atoms with Gasteiger partial charge in [-0.05, 0) is 43.9 Å². The first kappa shape index (κ1) is 12.4. The highest BCUT2D eigenvalue weighted by Gasteiger charge is 2.27. The largest absolute Gasteiger partial charge is 0.399 e. The molecule has 1 fully saturated rings. The van der Waals surface area contributed by atoms with Crippen LogP contribution in [0.25, 0.3) is 0 Å². The smallest absolute Gasteiger partial charge is 0.0347 e. The van der Waals surface area contributed by atoms with Crippen LogP contribution in [0.2, 0.25) is 0 Å². The molecule has 17 heavy (non-hydrogen) atoms. The zero-order valence-corrected chi connectivity index (χ0v) is 10.9. The van der Waals surface area contributed by atoms with Crippen molar-refractivity contribution in [2.75, 3.05) is 18.8 Å². The number of hydrogen-bond donors (Lipinski definition) is 1. The van der Waals surface area contributed by atoms with Gasteiger partial charge in [-0.3, -0.25) is 0 Å². The molecule has 2 heteroatoms. The molecule has 0 bridgehead atoms. The molecule has 1 aromatic carbocycles. The van der Waals surface area contributed by atoms with Gasteiger partial charge in [-0.2, -0.15) is 0 Å². The lowest BCUT2D eigenvalue weighted by molar-refractivity contribution is 0.262. The normalized spacial score (nSPS) is 15.4. The van der Waals surface area contributed by atoms with Gasteiger partial charge >= 0.3 is 0 Å². The molecule has 1 aromatic rings. The van der Waals surface area contributed by atoms with E-state index in [2.05, 4.69) is 24.0 Å². The average molecular weight is 232 g/mol. The Balaban J connectivity index is 1.84. The molecule has 94 valence electrons. The van der Waals surface area contributed by atoms with Gasteiger partial charge in [-0.15, -0.1) is 0 Å². The van der Waals surface area contributed by atoms with Gasteiger partial charge in [0.05, 0.1) is 0 Å². The molecular formula is C15H24N2. The molecule has 2 rings (SSSR count). The molecule has 0 aromatic heterocycles. The summed E-state index contributed by atoms with van der Waals surface area (Å²) in [6.07, 6.45) is 6.49. The van der Waals surface area contributed by atoms with E-state index in [0.717, 1.165) is 18.2 Å². The van der Waals surface area contributed by atoms with Crippen molar-refractivity contribution in [1.29, 1.82) is 0 Å². The molecule has 1 aliphatic carbocycles. The highest BCUT2D eigenvalue weighted by Crippen LogP contribution is 2.27. The van der Waals surface area contributed by atoms with Crippen molar-refractivity contribution < 1.29 is 0 Å². The highest BCUT2D eigenvalue weighted by molar-refractivity contribution is 5.46. The second-order valence-electron chi connectivity index (χ2n) is 5.07. The summed E-state index contributed by atoms with van der Waals surface area (Å²) < 4.78 is 0. The number of para-hydroxylation sites is 1. The molecule has 0 radical (unpaired) electrons. The van der Waals surface area contributed by atoms with Gasteiger partial charge in [0.15, 0.2) is 0 Å². The van der Waals surface area contributed by atoms with E-state index in [9.17, 15) is 0 Å². The zero-order valence-electron chi connectivity index (χ0n) is 10.9. The summed E-state index contributed by atoms with van der Waals surface area (Å²) in [7, 11) is 0. The van der Waals surface area contributed by atoms with Crippen LogP contribution in [-0.2, 0) is 6.42 Å². The molecule has 2 nitrogen and oxygen atoms in total. The third-order valence-electron chi connectivity index (χ3n) is 3.59. The maximum atomic E-state index is 5.98. The van der Waals surface area contributed by atoms with Gasteiger partial charge in [0.1, 0.15) is 0 Å². The molecule has 1 saturated carbocycles.